The van der Waals surface area contributed by atoms with Gasteiger partial charge in [0.15, 0.2) is 0 Å². The topological polar surface area (TPSA) is 174 Å². The van der Waals surface area contributed by atoms with Gasteiger partial charge in [0.1, 0.15) is 11.6 Å². The number of hydrogen-bond donors (Lipinski definition) is 5. The fraction of sp³-hybridized carbons (Fsp3) is 0.172. The van der Waals surface area contributed by atoms with Crippen molar-refractivity contribution >= 4 is 34.5 Å². The van der Waals surface area contributed by atoms with E-state index in [1.807, 2.05) is 25.3 Å². The molecule has 4 rings (SSSR count). The van der Waals surface area contributed by atoms with E-state index in [4.69, 9.17) is 21.6 Å². The third-order valence-electron chi connectivity index (χ3n) is 6.54. The SMILES string of the molecule is CCn1cc(Cc2ccc(C(=O)NCC(N)=O)cc2-c2ccc(OC)cc2C(=O)O)c2ccc(C(=N)N)cc21. The molecule has 0 atom stereocenters. The molecule has 1 aromatic heterocycles. The van der Waals surface area contributed by atoms with Crippen LogP contribution in [0.1, 0.15) is 44.3 Å². The van der Waals surface area contributed by atoms with Crippen molar-refractivity contribution in [2.24, 2.45) is 11.5 Å². The molecule has 0 bridgehead atoms. The molecule has 1 heterocycles. The Morgan fingerprint density at radius 2 is 1.72 bits per heavy atom. The number of amidine groups is 1. The van der Waals surface area contributed by atoms with Gasteiger partial charge in [-0.05, 0) is 65.6 Å². The summed E-state index contributed by atoms with van der Waals surface area (Å²) in [6, 6.07) is 15.4. The molecule has 0 saturated carbocycles. The van der Waals surface area contributed by atoms with Gasteiger partial charge in [-0.25, -0.2) is 4.79 Å². The van der Waals surface area contributed by atoms with E-state index in [0.717, 1.165) is 22.0 Å². The van der Waals surface area contributed by atoms with Crippen LogP contribution in [0.2, 0.25) is 0 Å². The first-order valence-electron chi connectivity index (χ1n) is 12.2. The second kappa shape index (κ2) is 11.1. The van der Waals surface area contributed by atoms with E-state index in [9.17, 15) is 19.5 Å². The highest BCUT2D eigenvalue weighted by atomic mass is 16.5. The molecule has 200 valence electrons. The predicted molar refractivity (Wildman–Crippen MR) is 148 cm³/mol. The minimum atomic E-state index is -1.14. The van der Waals surface area contributed by atoms with Crippen molar-refractivity contribution in [3.63, 3.8) is 0 Å². The summed E-state index contributed by atoms with van der Waals surface area (Å²) in [7, 11) is 1.46. The zero-order valence-corrected chi connectivity index (χ0v) is 21.6. The molecule has 0 unspecified atom stereocenters. The van der Waals surface area contributed by atoms with Gasteiger partial charge in [0.05, 0.1) is 19.2 Å². The van der Waals surface area contributed by atoms with Gasteiger partial charge in [-0.1, -0.05) is 18.2 Å². The predicted octanol–water partition coefficient (Wildman–Crippen LogP) is 3.12. The molecule has 0 fully saturated rings. The lowest BCUT2D eigenvalue weighted by molar-refractivity contribution is -0.117. The molecule has 0 aliphatic heterocycles. The van der Waals surface area contributed by atoms with Crippen molar-refractivity contribution in [3.05, 3.63) is 88.6 Å². The summed E-state index contributed by atoms with van der Waals surface area (Å²) in [6.45, 7) is 2.40. The summed E-state index contributed by atoms with van der Waals surface area (Å²) < 4.78 is 7.30. The average Bonchev–Trinajstić information content (AvgIpc) is 3.28. The number of nitrogens with zero attached hydrogens (tertiary/aromatic N) is 1. The Morgan fingerprint density at radius 3 is 2.36 bits per heavy atom. The number of hydrogen-bond acceptors (Lipinski definition) is 5. The summed E-state index contributed by atoms with van der Waals surface area (Å²) >= 11 is 0. The number of nitrogens with one attached hydrogen (secondary N) is 2. The normalized spacial score (nSPS) is 10.8. The molecular formula is C29H29N5O5. The van der Waals surface area contributed by atoms with Gasteiger partial charge in [-0.2, -0.15) is 0 Å². The third kappa shape index (κ3) is 5.59. The molecule has 0 spiro atoms. The molecule has 10 heteroatoms. The van der Waals surface area contributed by atoms with Crippen molar-refractivity contribution < 1.29 is 24.2 Å². The Morgan fingerprint density at radius 1 is 0.974 bits per heavy atom. The van der Waals surface area contributed by atoms with Crippen molar-refractivity contribution in [2.75, 3.05) is 13.7 Å². The van der Waals surface area contributed by atoms with E-state index in [0.29, 0.717) is 35.4 Å². The number of nitrogen functional groups attached to an aromatic ring is 1. The lowest BCUT2D eigenvalue weighted by Crippen LogP contribution is -2.33. The Bertz CT molecular complexity index is 1620. The fourth-order valence-electron chi connectivity index (χ4n) is 4.60. The van der Waals surface area contributed by atoms with Crippen LogP contribution >= 0.6 is 0 Å². The number of amides is 2. The standard InChI is InChI=1S/C29H29N5O5/c1-3-34-15-19(21-8-6-17(27(31)32)12-25(21)34)10-16-4-5-18(28(36)33-14-26(30)35)11-23(16)22-9-7-20(39-2)13-24(22)29(37)38/h4-9,11-13,15H,3,10,14H2,1-2H3,(H2,30,35)(H3,31,32)(H,33,36)(H,37,38). The van der Waals surface area contributed by atoms with Crippen molar-refractivity contribution in [1.82, 2.24) is 9.88 Å². The molecule has 7 N–H and O–H groups in total. The van der Waals surface area contributed by atoms with Crippen molar-refractivity contribution in [2.45, 2.75) is 19.9 Å². The lowest BCUT2D eigenvalue weighted by atomic mass is 9.90. The quantitative estimate of drug-likeness (QED) is 0.156. The van der Waals surface area contributed by atoms with Crippen LogP contribution in [0.15, 0.2) is 60.8 Å². The molecule has 10 nitrogen and oxygen atoms in total. The third-order valence-corrected chi connectivity index (χ3v) is 6.54. The second-order valence-corrected chi connectivity index (χ2v) is 9.00. The zero-order chi connectivity index (χ0) is 28.3. The summed E-state index contributed by atoms with van der Waals surface area (Å²) in [4.78, 5) is 36.1. The van der Waals surface area contributed by atoms with Crippen LogP contribution in [-0.4, -0.2) is 46.9 Å². The number of fused-ring (bicyclic) bond motifs is 1. The van der Waals surface area contributed by atoms with E-state index in [1.165, 1.54) is 13.2 Å². The highest BCUT2D eigenvalue weighted by Gasteiger charge is 2.20. The first kappa shape index (κ1) is 26.9. The Balaban J connectivity index is 1.88. The minimum absolute atomic E-state index is 0.0181. The number of carbonyl (C=O) groups is 3. The Kier molecular flexibility index (Phi) is 7.66. The number of aromatic carboxylic acids is 1. The minimum Gasteiger partial charge on any atom is -0.497 e. The highest BCUT2D eigenvalue weighted by Crippen LogP contribution is 2.34. The number of methoxy groups -OCH3 is 1. The number of rotatable bonds is 10. The first-order valence-corrected chi connectivity index (χ1v) is 12.2. The first-order chi connectivity index (χ1) is 18.6. The van der Waals surface area contributed by atoms with Gasteiger partial charge in [0.25, 0.3) is 5.91 Å². The van der Waals surface area contributed by atoms with Crippen LogP contribution < -0.4 is 21.5 Å². The van der Waals surface area contributed by atoms with Crippen molar-refractivity contribution in [1.29, 1.82) is 5.41 Å². The highest BCUT2D eigenvalue weighted by molar-refractivity contribution is 6.01. The maximum atomic E-state index is 12.7. The molecule has 0 radical (unpaired) electrons. The Hall–Kier alpha value is -5.12. The molecule has 0 aliphatic rings. The number of carbonyl (C=O) groups excluding carboxylic acids is 2. The number of carboxylic acid groups (broad SMARTS) is 1. The van der Waals surface area contributed by atoms with Crippen LogP contribution in [0.25, 0.3) is 22.0 Å². The number of nitrogens with two attached hydrogens (primary N) is 2. The molecule has 3 aromatic carbocycles. The number of primary amides is 1. The van der Waals surface area contributed by atoms with Gasteiger partial charge >= 0.3 is 5.97 Å². The molecule has 2 amide bonds. The summed E-state index contributed by atoms with van der Waals surface area (Å²) in [5.41, 5.74) is 15.4. The van der Waals surface area contributed by atoms with Crippen molar-refractivity contribution in [3.8, 4) is 16.9 Å². The van der Waals surface area contributed by atoms with Gasteiger partial charge in [-0.3, -0.25) is 15.0 Å². The number of ether oxygens (including phenoxy) is 1. The van der Waals surface area contributed by atoms with Crippen LogP contribution in [0.3, 0.4) is 0 Å². The van der Waals surface area contributed by atoms with E-state index in [-0.39, 0.29) is 23.5 Å². The lowest BCUT2D eigenvalue weighted by Gasteiger charge is -2.15. The van der Waals surface area contributed by atoms with Crippen LogP contribution in [-0.2, 0) is 17.8 Å². The van der Waals surface area contributed by atoms with Gasteiger partial charge in [0, 0.05) is 41.2 Å². The molecule has 4 aromatic rings. The Labute approximate surface area is 224 Å². The van der Waals surface area contributed by atoms with Crippen LogP contribution in [0.4, 0.5) is 0 Å². The molecular weight excluding hydrogens is 498 g/mol. The van der Waals surface area contributed by atoms with Gasteiger partial charge in [0.2, 0.25) is 5.91 Å². The number of carboxylic acids is 1. The van der Waals surface area contributed by atoms with E-state index in [2.05, 4.69) is 9.88 Å². The fourth-order valence-corrected chi connectivity index (χ4v) is 4.60. The van der Waals surface area contributed by atoms with E-state index >= 15 is 0 Å². The average molecular weight is 528 g/mol. The van der Waals surface area contributed by atoms with Crippen LogP contribution in [0, 0.1) is 5.41 Å². The maximum Gasteiger partial charge on any atom is 0.336 e. The molecule has 39 heavy (non-hydrogen) atoms. The summed E-state index contributed by atoms with van der Waals surface area (Å²) in [5.74, 6) is -1.95. The van der Waals surface area contributed by atoms with E-state index in [1.54, 1.807) is 36.4 Å². The largest absolute Gasteiger partial charge is 0.497 e. The smallest absolute Gasteiger partial charge is 0.336 e. The molecule has 0 saturated heterocycles. The molecule has 0 aliphatic carbocycles. The number of aryl methyl sites for hydroxylation is 1. The van der Waals surface area contributed by atoms with Gasteiger partial charge in [-0.15, -0.1) is 0 Å². The zero-order valence-electron chi connectivity index (χ0n) is 21.6. The monoisotopic (exact) mass is 527 g/mol. The second-order valence-electron chi connectivity index (χ2n) is 9.00. The maximum absolute atomic E-state index is 12.7. The van der Waals surface area contributed by atoms with E-state index < -0.39 is 17.8 Å². The summed E-state index contributed by atoms with van der Waals surface area (Å²) in [5, 5.41) is 21.2. The van der Waals surface area contributed by atoms with Gasteiger partial charge < -0.3 is 31.2 Å². The summed E-state index contributed by atoms with van der Waals surface area (Å²) in [6.07, 6.45) is 2.46. The number of aromatic nitrogens is 1. The van der Waals surface area contributed by atoms with Crippen LogP contribution in [0.5, 0.6) is 5.75 Å². The number of benzene rings is 3.